The van der Waals surface area contributed by atoms with E-state index in [1.807, 2.05) is 12.1 Å². The van der Waals surface area contributed by atoms with Gasteiger partial charge in [0.2, 0.25) is 0 Å². The molecule has 0 amide bonds. The van der Waals surface area contributed by atoms with Crippen molar-refractivity contribution in [2.24, 2.45) is 4.99 Å². The first-order chi connectivity index (χ1) is 12.3. The van der Waals surface area contributed by atoms with E-state index < -0.39 is 0 Å². The number of ether oxygens (including phenoxy) is 1. The molecular weight excluding hydrogens is 439 g/mol. The van der Waals surface area contributed by atoms with Crippen LogP contribution >= 0.6 is 24.0 Å². The number of aromatic nitrogens is 1. The van der Waals surface area contributed by atoms with Crippen molar-refractivity contribution in [1.82, 2.24) is 15.2 Å². The van der Waals surface area contributed by atoms with Crippen LogP contribution in [0.15, 0.2) is 53.8 Å². The molecule has 0 spiro atoms. The SMILES string of the molecule is CCCOCc1ccccc1CN=C(NCC)NCCn1cccc1.I. The Morgan fingerprint density at radius 3 is 2.46 bits per heavy atom. The molecule has 0 atom stereocenters. The largest absolute Gasteiger partial charge is 0.377 e. The van der Waals surface area contributed by atoms with Gasteiger partial charge in [-0.2, -0.15) is 0 Å². The van der Waals surface area contributed by atoms with E-state index in [1.54, 1.807) is 0 Å². The summed E-state index contributed by atoms with van der Waals surface area (Å²) in [7, 11) is 0. The van der Waals surface area contributed by atoms with Crippen LogP contribution in [0.3, 0.4) is 0 Å². The van der Waals surface area contributed by atoms with Gasteiger partial charge in [0.25, 0.3) is 0 Å². The van der Waals surface area contributed by atoms with Crippen LogP contribution in [-0.2, 0) is 24.4 Å². The molecule has 0 saturated heterocycles. The van der Waals surface area contributed by atoms with Gasteiger partial charge in [-0.05, 0) is 36.6 Å². The first-order valence-electron chi connectivity index (χ1n) is 9.11. The zero-order valence-corrected chi connectivity index (χ0v) is 18.1. The molecule has 5 nitrogen and oxygen atoms in total. The molecule has 0 saturated carbocycles. The van der Waals surface area contributed by atoms with E-state index >= 15 is 0 Å². The Morgan fingerprint density at radius 2 is 1.77 bits per heavy atom. The van der Waals surface area contributed by atoms with Gasteiger partial charge in [-0.1, -0.05) is 31.2 Å². The first kappa shape index (κ1) is 22.5. The van der Waals surface area contributed by atoms with Gasteiger partial charge in [0, 0.05) is 38.6 Å². The maximum Gasteiger partial charge on any atom is 0.191 e. The van der Waals surface area contributed by atoms with Gasteiger partial charge in [0.15, 0.2) is 5.96 Å². The summed E-state index contributed by atoms with van der Waals surface area (Å²) in [6.07, 6.45) is 5.17. The molecule has 0 aliphatic carbocycles. The molecule has 6 heteroatoms. The lowest BCUT2D eigenvalue weighted by atomic mass is 10.1. The minimum absolute atomic E-state index is 0. The van der Waals surface area contributed by atoms with Crippen LogP contribution in [0, 0.1) is 0 Å². The number of hydrogen-bond acceptors (Lipinski definition) is 2. The monoisotopic (exact) mass is 470 g/mol. The summed E-state index contributed by atoms with van der Waals surface area (Å²) in [4.78, 5) is 4.72. The second-order valence-corrected chi connectivity index (χ2v) is 5.86. The molecule has 2 aromatic rings. The van der Waals surface area contributed by atoms with Crippen LogP contribution in [0.5, 0.6) is 0 Å². The van der Waals surface area contributed by atoms with E-state index in [0.717, 1.165) is 38.6 Å². The molecule has 0 aliphatic rings. The number of aliphatic imine (C=N–C) groups is 1. The highest BCUT2D eigenvalue weighted by Gasteiger charge is 2.03. The van der Waals surface area contributed by atoms with Gasteiger partial charge in [0.05, 0.1) is 13.2 Å². The normalized spacial score (nSPS) is 11.1. The van der Waals surface area contributed by atoms with Crippen molar-refractivity contribution in [1.29, 1.82) is 0 Å². The molecule has 2 rings (SSSR count). The fraction of sp³-hybridized carbons (Fsp3) is 0.450. The van der Waals surface area contributed by atoms with Crippen molar-refractivity contribution < 1.29 is 4.74 Å². The molecule has 1 heterocycles. The summed E-state index contributed by atoms with van der Waals surface area (Å²) in [5.74, 6) is 0.846. The number of nitrogens with zero attached hydrogens (tertiary/aromatic N) is 2. The average Bonchev–Trinajstić information content (AvgIpc) is 3.14. The van der Waals surface area contributed by atoms with Crippen molar-refractivity contribution in [2.45, 2.75) is 40.0 Å². The van der Waals surface area contributed by atoms with Crippen LogP contribution < -0.4 is 10.6 Å². The predicted octanol–water partition coefficient (Wildman–Crippen LogP) is 3.79. The Labute approximate surface area is 174 Å². The molecule has 0 bridgehead atoms. The van der Waals surface area contributed by atoms with Crippen molar-refractivity contribution in [3.8, 4) is 0 Å². The highest BCUT2D eigenvalue weighted by atomic mass is 127. The Balaban J connectivity index is 0.00000338. The summed E-state index contributed by atoms with van der Waals surface area (Å²) in [5, 5.41) is 6.69. The lowest BCUT2D eigenvalue weighted by Crippen LogP contribution is -2.38. The van der Waals surface area contributed by atoms with Gasteiger partial charge in [0.1, 0.15) is 0 Å². The van der Waals surface area contributed by atoms with Crippen LogP contribution in [0.25, 0.3) is 0 Å². The summed E-state index contributed by atoms with van der Waals surface area (Å²) in [6.45, 7) is 8.88. The van der Waals surface area contributed by atoms with Gasteiger partial charge >= 0.3 is 0 Å². The molecular formula is C20H31IN4O. The zero-order valence-electron chi connectivity index (χ0n) is 15.8. The fourth-order valence-electron chi connectivity index (χ4n) is 2.51. The van der Waals surface area contributed by atoms with Gasteiger partial charge < -0.3 is 19.9 Å². The van der Waals surface area contributed by atoms with Crippen LogP contribution in [0.2, 0.25) is 0 Å². The summed E-state index contributed by atoms with van der Waals surface area (Å²) in [6, 6.07) is 12.4. The van der Waals surface area contributed by atoms with E-state index in [4.69, 9.17) is 9.73 Å². The first-order valence-corrected chi connectivity index (χ1v) is 9.11. The van der Waals surface area contributed by atoms with Gasteiger partial charge in [-0.25, -0.2) is 4.99 Å². The Morgan fingerprint density at radius 1 is 1.04 bits per heavy atom. The molecule has 144 valence electrons. The standard InChI is InChI=1S/C20H30N4O.HI/c1-3-15-25-17-19-10-6-5-9-18(19)16-23-20(21-4-2)22-11-14-24-12-7-8-13-24;/h5-10,12-13H,3-4,11,14-17H2,1-2H3,(H2,21,22,23);1H. The van der Waals surface area contributed by atoms with Crippen LogP contribution in [-0.4, -0.2) is 30.2 Å². The second-order valence-electron chi connectivity index (χ2n) is 5.86. The molecule has 0 radical (unpaired) electrons. The third-order valence-corrected chi connectivity index (χ3v) is 3.80. The molecule has 0 unspecified atom stereocenters. The highest BCUT2D eigenvalue weighted by Crippen LogP contribution is 2.11. The third-order valence-electron chi connectivity index (χ3n) is 3.80. The maximum absolute atomic E-state index is 5.69. The summed E-state index contributed by atoms with van der Waals surface area (Å²) in [5.41, 5.74) is 2.42. The zero-order chi connectivity index (χ0) is 17.7. The molecule has 0 fully saturated rings. The molecule has 26 heavy (non-hydrogen) atoms. The lowest BCUT2D eigenvalue weighted by molar-refractivity contribution is 0.121. The minimum Gasteiger partial charge on any atom is -0.377 e. The van der Waals surface area contributed by atoms with Crippen molar-refractivity contribution in [3.63, 3.8) is 0 Å². The van der Waals surface area contributed by atoms with Crippen LogP contribution in [0.4, 0.5) is 0 Å². The quantitative estimate of drug-likeness (QED) is 0.241. The van der Waals surface area contributed by atoms with Crippen LogP contribution in [0.1, 0.15) is 31.4 Å². The van der Waals surface area contributed by atoms with E-state index in [2.05, 4.69) is 65.7 Å². The Bertz CT molecular complexity index is 629. The smallest absolute Gasteiger partial charge is 0.191 e. The Kier molecular flexibility index (Phi) is 11.8. The van der Waals surface area contributed by atoms with E-state index in [1.165, 1.54) is 11.1 Å². The van der Waals surface area contributed by atoms with E-state index in [0.29, 0.717) is 13.2 Å². The van der Waals surface area contributed by atoms with Crippen molar-refractivity contribution in [3.05, 3.63) is 59.9 Å². The molecule has 1 aromatic heterocycles. The number of hydrogen-bond donors (Lipinski definition) is 2. The number of halogens is 1. The topological polar surface area (TPSA) is 50.6 Å². The van der Waals surface area contributed by atoms with E-state index in [-0.39, 0.29) is 24.0 Å². The molecule has 2 N–H and O–H groups in total. The number of rotatable bonds is 10. The molecule has 1 aromatic carbocycles. The number of guanidine groups is 1. The summed E-state index contributed by atoms with van der Waals surface area (Å²) < 4.78 is 7.84. The highest BCUT2D eigenvalue weighted by molar-refractivity contribution is 14.0. The fourth-order valence-corrected chi connectivity index (χ4v) is 2.51. The average molecular weight is 470 g/mol. The van der Waals surface area contributed by atoms with Crippen molar-refractivity contribution in [2.75, 3.05) is 19.7 Å². The predicted molar refractivity (Wildman–Crippen MR) is 119 cm³/mol. The maximum atomic E-state index is 5.69. The van der Waals surface area contributed by atoms with Crippen molar-refractivity contribution >= 4 is 29.9 Å². The van der Waals surface area contributed by atoms with Gasteiger partial charge in [-0.15, -0.1) is 24.0 Å². The Hall–Kier alpha value is -1.54. The number of benzene rings is 1. The minimum atomic E-state index is 0. The number of nitrogens with one attached hydrogen (secondary N) is 2. The third kappa shape index (κ3) is 8.23. The molecule has 0 aliphatic heterocycles. The van der Waals surface area contributed by atoms with E-state index in [9.17, 15) is 0 Å². The van der Waals surface area contributed by atoms with Gasteiger partial charge in [-0.3, -0.25) is 0 Å². The summed E-state index contributed by atoms with van der Waals surface area (Å²) >= 11 is 0. The lowest BCUT2D eigenvalue weighted by Gasteiger charge is -2.13. The second kappa shape index (κ2) is 13.6.